The number of ether oxygens (including phenoxy) is 1. The normalized spacial score (nSPS) is 10.3. The summed E-state index contributed by atoms with van der Waals surface area (Å²) in [4.78, 5) is 11.9. The van der Waals surface area contributed by atoms with Gasteiger partial charge in [-0.25, -0.2) is 4.39 Å². The average Bonchev–Trinajstić information content (AvgIpc) is 2.92. The lowest BCUT2D eigenvalue weighted by Gasteiger charge is -2.05. The van der Waals surface area contributed by atoms with E-state index in [0.29, 0.717) is 5.13 Å². The minimum absolute atomic E-state index is 0.0365. The summed E-state index contributed by atoms with van der Waals surface area (Å²) in [6.07, 6.45) is 1.90. The van der Waals surface area contributed by atoms with Crippen molar-refractivity contribution in [2.24, 2.45) is 0 Å². The Labute approximate surface area is 123 Å². The number of ketones is 1. The molecule has 5 nitrogen and oxygen atoms in total. The van der Waals surface area contributed by atoms with Crippen LogP contribution in [-0.2, 0) is 0 Å². The summed E-state index contributed by atoms with van der Waals surface area (Å²) in [5.41, 5.74) is 0.283. The van der Waals surface area contributed by atoms with E-state index >= 15 is 0 Å². The molecule has 0 radical (unpaired) electrons. The molecule has 0 aliphatic carbocycles. The number of methoxy groups -OCH3 is 1. The van der Waals surface area contributed by atoms with Gasteiger partial charge in [-0.15, -0.1) is 10.2 Å². The molecule has 106 valence electrons. The molecule has 1 aromatic heterocycles. The summed E-state index contributed by atoms with van der Waals surface area (Å²) in [7, 11) is 1.38. The van der Waals surface area contributed by atoms with Gasteiger partial charge in [0.15, 0.2) is 21.7 Å². The zero-order valence-electron chi connectivity index (χ0n) is 10.8. The van der Waals surface area contributed by atoms with Crippen LogP contribution in [0.4, 0.5) is 9.52 Å². The lowest BCUT2D eigenvalue weighted by Crippen LogP contribution is -2.14. The van der Waals surface area contributed by atoms with Crippen LogP contribution in [0, 0.1) is 5.82 Å². The number of nitrogens with one attached hydrogen (secondary N) is 1. The molecule has 0 saturated heterocycles. The summed E-state index contributed by atoms with van der Waals surface area (Å²) >= 11 is 2.85. The van der Waals surface area contributed by atoms with Crippen LogP contribution < -0.4 is 10.1 Å². The summed E-state index contributed by atoms with van der Waals surface area (Å²) in [6.45, 7) is 0.0365. The SMILES string of the molecule is COc1ccc(C(=O)CNc2nnc(SC)s2)cc1F. The first-order valence-electron chi connectivity index (χ1n) is 5.62. The number of hydrogen-bond acceptors (Lipinski definition) is 7. The second-order valence-corrected chi connectivity index (χ2v) is 5.73. The quantitative estimate of drug-likeness (QED) is 0.653. The maximum Gasteiger partial charge on any atom is 0.206 e. The monoisotopic (exact) mass is 313 g/mol. The second kappa shape index (κ2) is 6.67. The Hall–Kier alpha value is -1.67. The van der Waals surface area contributed by atoms with Crippen LogP contribution in [-0.4, -0.2) is 35.9 Å². The van der Waals surface area contributed by atoms with Crippen molar-refractivity contribution >= 4 is 34.0 Å². The Morgan fingerprint density at radius 1 is 1.50 bits per heavy atom. The van der Waals surface area contributed by atoms with Crippen LogP contribution in [0.15, 0.2) is 22.5 Å². The zero-order valence-corrected chi connectivity index (χ0v) is 12.5. The molecular formula is C12H12FN3O2S2. The highest BCUT2D eigenvalue weighted by Gasteiger charge is 2.11. The Morgan fingerprint density at radius 3 is 2.90 bits per heavy atom. The van der Waals surface area contributed by atoms with Crippen molar-refractivity contribution < 1.29 is 13.9 Å². The van der Waals surface area contributed by atoms with E-state index in [4.69, 9.17) is 4.74 Å². The Kier molecular flexibility index (Phi) is 4.91. The molecule has 20 heavy (non-hydrogen) atoms. The van der Waals surface area contributed by atoms with Gasteiger partial charge in [-0.05, 0) is 24.5 Å². The van der Waals surface area contributed by atoms with Crippen molar-refractivity contribution in [3.63, 3.8) is 0 Å². The number of halogens is 1. The Balaban J connectivity index is 1.99. The highest BCUT2D eigenvalue weighted by atomic mass is 32.2. The minimum atomic E-state index is -0.557. The lowest BCUT2D eigenvalue weighted by molar-refractivity contribution is 0.101. The van der Waals surface area contributed by atoms with E-state index in [-0.39, 0.29) is 23.6 Å². The zero-order chi connectivity index (χ0) is 14.5. The van der Waals surface area contributed by atoms with Crippen molar-refractivity contribution in [1.82, 2.24) is 10.2 Å². The molecule has 0 atom stereocenters. The summed E-state index contributed by atoms with van der Waals surface area (Å²) in [5.74, 6) is -0.672. The first-order chi connectivity index (χ1) is 9.63. The van der Waals surface area contributed by atoms with Gasteiger partial charge in [0.2, 0.25) is 5.13 Å². The van der Waals surface area contributed by atoms with Crippen LogP contribution >= 0.6 is 23.1 Å². The van der Waals surface area contributed by atoms with Crippen LogP contribution in [0.1, 0.15) is 10.4 Å². The highest BCUT2D eigenvalue weighted by molar-refractivity contribution is 8.00. The minimum Gasteiger partial charge on any atom is -0.494 e. The second-order valence-electron chi connectivity index (χ2n) is 3.70. The van der Waals surface area contributed by atoms with Crippen molar-refractivity contribution in [1.29, 1.82) is 0 Å². The third-order valence-electron chi connectivity index (χ3n) is 2.46. The number of Topliss-reactive ketones (excluding diaryl/α,β-unsaturated/α-hetero) is 1. The summed E-state index contributed by atoms with van der Waals surface area (Å²) < 4.78 is 19.1. The van der Waals surface area contributed by atoms with Gasteiger partial charge >= 0.3 is 0 Å². The molecule has 0 spiro atoms. The molecule has 0 saturated carbocycles. The smallest absolute Gasteiger partial charge is 0.206 e. The van der Waals surface area contributed by atoms with Gasteiger partial charge in [-0.3, -0.25) is 4.79 Å². The number of benzene rings is 1. The summed E-state index contributed by atoms with van der Waals surface area (Å²) in [6, 6.07) is 4.12. The number of aromatic nitrogens is 2. The largest absolute Gasteiger partial charge is 0.494 e. The van der Waals surface area contributed by atoms with Gasteiger partial charge in [0, 0.05) is 5.56 Å². The number of thioether (sulfide) groups is 1. The molecule has 2 aromatic rings. The number of carbonyl (C=O) groups is 1. The molecule has 1 aromatic carbocycles. The average molecular weight is 313 g/mol. The van der Waals surface area contributed by atoms with E-state index < -0.39 is 5.82 Å². The molecule has 0 amide bonds. The highest BCUT2D eigenvalue weighted by Crippen LogP contribution is 2.23. The molecule has 8 heteroatoms. The van der Waals surface area contributed by atoms with Gasteiger partial charge in [-0.1, -0.05) is 23.1 Å². The van der Waals surface area contributed by atoms with Crippen LogP contribution in [0.3, 0.4) is 0 Å². The number of rotatable bonds is 6. The van der Waals surface area contributed by atoms with Gasteiger partial charge in [0.05, 0.1) is 13.7 Å². The molecule has 1 heterocycles. The predicted molar refractivity (Wildman–Crippen MR) is 77.5 cm³/mol. The molecular weight excluding hydrogens is 301 g/mol. The number of hydrogen-bond donors (Lipinski definition) is 1. The number of nitrogens with zero attached hydrogens (tertiary/aromatic N) is 2. The van der Waals surface area contributed by atoms with E-state index in [0.717, 1.165) is 10.4 Å². The van der Waals surface area contributed by atoms with E-state index in [1.807, 2.05) is 6.26 Å². The van der Waals surface area contributed by atoms with Crippen LogP contribution in [0.2, 0.25) is 0 Å². The van der Waals surface area contributed by atoms with Gasteiger partial charge in [0.25, 0.3) is 0 Å². The first-order valence-corrected chi connectivity index (χ1v) is 7.66. The van der Waals surface area contributed by atoms with Gasteiger partial charge < -0.3 is 10.1 Å². The van der Waals surface area contributed by atoms with Gasteiger partial charge in [0.1, 0.15) is 0 Å². The fourth-order valence-corrected chi connectivity index (χ4v) is 2.63. The molecule has 0 aliphatic rings. The third-order valence-corrected chi connectivity index (χ3v) is 4.31. The predicted octanol–water partition coefficient (Wildman–Crippen LogP) is 2.70. The molecule has 0 bridgehead atoms. The summed E-state index contributed by atoms with van der Waals surface area (Å²) in [5, 5.41) is 11.2. The first kappa shape index (κ1) is 14.7. The molecule has 0 aliphatic heterocycles. The van der Waals surface area contributed by atoms with Gasteiger partial charge in [-0.2, -0.15) is 0 Å². The van der Waals surface area contributed by atoms with E-state index in [1.165, 1.54) is 42.3 Å². The lowest BCUT2D eigenvalue weighted by atomic mass is 10.1. The fraction of sp³-hybridized carbons (Fsp3) is 0.250. The molecule has 0 fully saturated rings. The van der Waals surface area contributed by atoms with E-state index in [1.54, 1.807) is 0 Å². The molecule has 1 N–H and O–H groups in total. The van der Waals surface area contributed by atoms with Crippen molar-refractivity contribution in [3.8, 4) is 5.75 Å². The molecule has 0 unspecified atom stereocenters. The standard InChI is InChI=1S/C12H12FN3O2S2/c1-18-10-4-3-7(5-8(10)13)9(17)6-14-11-15-16-12(19-2)20-11/h3-5H,6H2,1-2H3,(H,14,15). The van der Waals surface area contributed by atoms with Crippen molar-refractivity contribution in [2.45, 2.75) is 4.34 Å². The van der Waals surface area contributed by atoms with Crippen molar-refractivity contribution in [3.05, 3.63) is 29.6 Å². The van der Waals surface area contributed by atoms with Crippen LogP contribution in [0.25, 0.3) is 0 Å². The maximum absolute atomic E-state index is 13.5. The topological polar surface area (TPSA) is 64.1 Å². The Bertz CT molecular complexity index is 618. The maximum atomic E-state index is 13.5. The van der Waals surface area contributed by atoms with Crippen molar-refractivity contribution in [2.75, 3.05) is 25.2 Å². The van der Waals surface area contributed by atoms with E-state index in [2.05, 4.69) is 15.5 Å². The van der Waals surface area contributed by atoms with E-state index in [9.17, 15) is 9.18 Å². The Morgan fingerprint density at radius 2 is 2.30 bits per heavy atom. The number of carbonyl (C=O) groups excluding carboxylic acids is 1. The molecule has 2 rings (SSSR count). The fourth-order valence-electron chi connectivity index (χ4n) is 1.46. The van der Waals surface area contributed by atoms with Crippen LogP contribution in [0.5, 0.6) is 5.75 Å². The third kappa shape index (κ3) is 3.45. The number of anilines is 1.